The summed E-state index contributed by atoms with van der Waals surface area (Å²) in [6.45, 7) is 65.4. The monoisotopic (exact) mass is 791 g/mol. The van der Waals surface area contributed by atoms with Gasteiger partial charge in [-0.25, -0.2) is 0 Å². The molecule has 0 rings (SSSR count). The average Bonchev–Trinajstić information content (AvgIpc) is 2.82. The molecule has 0 nitrogen and oxygen atoms in total. The van der Waals surface area contributed by atoms with Crippen molar-refractivity contribution < 1.29 is 0 Å². The fourth-order valence-electron chi connectivity index (χ4n) is 8.07. The zero-order valence-electron chi connectivity index (χ0n) is 45.4. The second-order valence-corrected chi connectivity index (χ2v) is 29.2. The van der Waals surface area contributed by atoms with Gasteiger partial charge in [0.25, 0.3) is 0 Å². The SMILES string of the molecule is CC(C)(C)/C=C/CCCC(C)(C)C.CC(C)(C)CCCC(C)(C)CC(C)(C)C.C[C@@H](CCCC(C)(C)C)CC(C)(C)C.C[C@H](CCCC(C)(C)C)CC(C)(C)C. The summed E-state index contributed by atoms with van der Waals surface area (Å²) in [6, 6.07) is 0. The molecule has 0 aliphatic rings. The molecule has 0 saturated heterocycles. The van der Waals surface area contributed by atoms with Gasteiger partial charge in [-0.2, -0.15) is 0 Å². The Hall–Kier alpha value is -0.260. The molecule has 0 radical (unpaired) electrons. The number of unbranched alkanes of at least 4 members (excludes halogenated alkanes) is 1. The van der Waals surface area contributed by atoms with Crippen molar-refractivity contribution in [2.75, 3.05) is 0 Å². The van der Waals surface area contributed by atoms with Crippen molar-refractivity contribution in [3.05, 3.63) is 12.2 Å². The molecule has 0 aliphatic heterocycles. The van der Waals surface area contributed by atoms with Crippen molar-refractivity contribution in [1.29, 1.82) is 0 Å². The Morgan fingerprint density at radius 3 is 0.911 bits per heavy atom. The Bertz CT molecular complexity index is 889. The highest BCUT2D eigenvalue weighted by atomic mass is 14.3. The second kappa shape index (κ2) is 26.8. The molecule has 2 atom stereocenters. The first-order valence-electron chi connectivity index (χ1n) is 24.0. The molecule has 56 heavy (non-hydrogen) atoms. The van der Waals surface area contributed by atoms with Crippen molar-refractivity contribution >= 4 is 0 Å². The zero-order valence-corrected chi connectivity index (χ0v) is 45.4. The summed E-state index contributed by atoms with van der Waals surface area (Å²) in [5, 5.41) is 0. The maximum absolute atomic E-state index is 2.42. The van der Waals surface area contributed by atoms with Gasteiger partial charge in [0.05, 0.1) is 0 Å². The van der Waals surface area contributed by atoms with Gasteiger partial charge in [0.1, 0.15) is 0 Å². The minimum absolute atomic E-state index is 0.349. The molecule has 0 aromatic carbocycles. The summed E-state index contributed by atoms with van der Waals surface area (Å²) < 4.78 is 0. The lowest BCUT2D eigenvalue weighted by atomic mass is 9.73. The Balaban J connectivity index is -0.000000322. The van der Waals surface area contributed by atoms with Crippen LogP contribution in [0.1, 0.15) is 290 Å². The lowest BCUT2D eigenvalue weighted by molar-refractivity contribution is 0.186. The van der Waals surface area contributed by atoms with Crippen LogP contribution in [0.15, 0.2) is 12.2 Å². The Labute approximate surface area is 361 Å². The molecule has 0 fully saturated rings. The van der Waals surface area contributed by atoms with Gasteiger partial charge < -0.3 is 0 Å². The first-order chi connectivity index (χ1) is 24.3. The minimum atomic E-state index is 0.349. The smallest absolute Gasteiger partial charge is 0.0203 e. The summed E-state index contributed by atoms with van der Waals surface area (Å²) in [5.74, 6) is 1.77. The van der Waals surface area contributed by atoms with Crippen LogP contribution >= 0.6 is 0 Å². The zero-order chi connectivity index (χ0) is 45.7. The molecule has 0 amide bonds. The van der Waals surface area contributed by atoms with E-state index in [0.29, 0.717) is 48.7 Å². The van der Waals surface area contributed by atoms with Crippen molar-refractivity contribution in [2.45, 2.75) is 290 Å². The lowest BCUT2D eigenvalue weighted by Gasteiger charge is -2.33. The van der Waals surface area contributed by atoms with Crippen molar-refractivity contribution in [3.63, 3.8) is 0 Å². The maximum Gasteiger partial charge on any atom is -0.0203 e. The van der Waals surface area contributed by atoms with Crippen LogP contribution < -0.4 is 0 Å². The number of hydrogen-bond acceptors (Lipinski definition) is 0. The van der Waals surface area contributed by atoms with E-state index < -0.39 is 0 Å². The predicted octanol–water partition coefficient (Wildman–Crippen LogP) is 21.0. The van der Waals surface area contributed by atoms with Gasteiger partial charge in [-0.3, -0.25) is 0 Å². The molecule has 0 unspecified atom stereocenters. The van der Waals surface area contributed by atoms with Crippen LogP contribution in [-0.4, -0.2) is 0 Å². The largest absolute Gasteiger partial charge is 0.0880 e. The van der Waals surface area contributed by atoms with Gasteiger partial charge in [-0.15, -0.1) is 0 Å². The highest BCUT2D eigenvalue weighted by Crippen LogP contribution is 2.38. The van der Waals surface area contributed by atoms with E-state index >= 15 is 0 Å². The van der Waals surface area contributed by atoms with Crippen LogP contribution in [0.3, 0.4) is 0 Å². The standard InChI is InChI=1S/C15H32.2C14H30.C13H26/c1-13(2,3)10-9-11-15(7,8)12-14(4,5)6;2*1-12(11-14(5,6)7)9-8-10-13(2,3)4;1-12(2,3)10-8-7-9-11-13(4,5)6/h9-12H2,1-8H3;2*12H,8-11H2,1-7H3;8,10H,7,9,11H2,1-6H3/b;;;10-8+/t;2*12-;/m.10./s1. The van der Waals surface area contributed by atoms with Gasteiger partial charge in [0, 0.05) is 0 Å². The fraction of sp³-hybridized carbons (Fsp3) is 0.964. The molecule has 0 aromatic rings. The molecular weight excluding hydrogens is 673 g/mol. The van der Waals surface area contributed by atoms with Gasteiger partial charge in [-0.05, 0) is 125 Å². The highest BCUT2D eigenvalue weighted by molar-refractivity contribution is 4.92. The Kier molecular flexibility index (Phi) is 29.9. The van der Waals surface area contributed by atoms with E-state index in [1.165, 1.54) is 96.3 Å². The van der Waals surface area contributed by atoms with Crippen LogP contribution in [0.4, 0.5) is 0 Å². The Morgan fingerprint density at radius 2 is 0.643 bits per heavy atom. The molecule has 0 heteroatoms. The van der Waals surface area contributed by atoms with Crippen LogP contribution in [0, 0.1) is 60.6 Å². The molecule has 0 saturated carbocycles. The first-order valence-corrected chi connectivity index (χ1v) is 24.0. The maximum atomic E-state index is 2.42. The van der Waals surface area contributed by atoms with Crippen molar-refractivity contribution in [2.24, 2.45) is 60.6 Å². The third kappa shape index (κ3) is 65.6. The van der Waals surface area contributed by atoms with Crippen LogP contribution in [-0.2, 0) is 0 Å². The normalized spacial score (nSPS) is 14.9. The molecule has 0 N–H and O–H groups in total. The summed E-state index contributed by atoms with van der Waals surface area (Å²) in [7, 11) is 0. The summed E-state index contributed by atoms with van der Waals surface area (Å²) in [5.41, 5.74) is 4.34. The lowest BCUT2D eigenvalue weighted by Crippen LogP contribution is -2.21. The number of hydrogen-bond donors (Lipinski definition) is 0. The fourth-order valence-corrected chi connectivity index (χ4v) is 8.07. The second-order valence-electron chi connectivity index (χ2n) is 29.2. The molecule has 0 aromatic heterocycles. The van der Waals surface area contributed by atoms with Gasteiger partial charge >= 0.3 is 0 Å². The van der Waals surface area contributed by atoms with Gasteiger partial charge in [-0.1, -0.05) is 238 Å². The topological polar surface area (TPSA) is 0 Å². The molecular formula is C56H118. The van der Waals surface area contributed by atoms with E-state index in [2.05, 4.69) is 206 Å². The van der Waals surface area contributed by atoms with Crippen LogP contribution in [0.25, 0.3) is 0 Å². The molecule has 0 heterocycles. The third-order valence-corrected chi connectivity index (χ3v) is 9.87. The van der Waals surface area contributed by atoms with E-state index in [-0.39, 0.29) is 0 Å². The molecule has 0 aliphatic carbocycles. The summed E-state index contributed by atoms with van der Waals surface area (Å²) >= 11 is 0. The van der Waals surface area contributed by atoms with E-state index in [0.717, 1.165) is 11.8 Å². The van der Waals surface area contributed by atoms with Crippen molar-refractivity contribution in [3.8, 4) is 0 Å². The summed E-state index contributed by atoms with van der Waals surface area (Å²) in [6.07, 6.45) is 24.9. The van der Waals surface area contributed by atoms with E-state index in [4.69, 9.17) is 0 Å². The average molecular weight is 792 g/mol. The van der Waals surface area contributed by atoms with Crippen LogP contribution in [0.5, 0.6) is 0 Å². The minimum Gasteiger partial charge on any atom is -0.0880 e. The van der Waals surface area contributed by atoms with Crippen LogP contribution in [0.2, 0.25) is 0 Å². The predicted molar refractivity (Wildman–Crippen MR) is 266 cm³/mol. The number of rotatable bonds is 15. The van der Waals surface area contributed by atoms with E-state index in [9.17, 15) is 0 Å². The first kappa shape index (κ1) is 62.4. The van der Waals surface area contributed by atoms with Crippen molar-refractivity contribution in [1.82, 2.24) is 0 Å². The van der Waals surface area contributed by atoms with E-state index in [1.807, 2.05) is 0 Å². The van der Waals surface area contributed by atoms with E-state index in [1.54, 1.807) is 0 Å². The molecule has 342 valence electrons. The quantitative estimate of drug-likeness (QED) is 0.114. The van der Waals surface area contributed by atoms with Gasteiger partial charge in [0.2, 0.25) is 0 Å². The third-order valence-electron chi connectivity index (χ3n) is 9.87. The van der Waals surface area contributed by atoms with Gasteiger partial charge in [0.15, 0.2) is 0 Å². The molecule has 0 spiro atoms. The summed E-state index contributed by atoms with van der Waals surface area (Å²) in [4.78, 5) is 0. The highest BCUT2D eigenvalue weighted by Gasteiger charge is 2.25. The molecule has 0 bridgehead atoms. The number of allylic oxidation sites excluding steroid dienone is 2. The Morgan fingerprint density at radius 1 is 0.339 bits per heavy atom.